The van der Waals surface area contributed by atoms with Gasteiger partial charge in [-0.3, -0.25) is 9.89 Å². The van der Waals surface area contributed by atoms with Crippen molar-refractivity contribution in [1.29, 1.82) is 0 Å². The second-order valence-corrected chi connectivity index (χ2v) is 6.44. The molecule has 1 aliphatic heterocycles. The monoisotopic (exact) mass is 333 g/mol. The predicted molar refractivity (Wildman–Crippen MR) is 85.5 cm³/mol. The van der Waals surface area contributed by atoms with Crippen LogP contribution >= 0.6 is 0 Å². The predicted octanol–water partition coefficient (Wildman–Crippen LogP) is 2.12. The lowest BCUT2D eigenvalue weighted by molar-refractivity contribution is 0.0467. The molecule has 2 N–H and O–H groups in total. The fourth-order valence-electron chi connectivity index (χ4n) is 2.83. The van der Waals surface area contributed by atoms with Crippen LogP contribution in [0.25, 0.3) is 0 Å². The number of carbonyl (C=O) groups excluding carboxylic acids is 1. The highest BCUT2D eigenvalue weighted by Crippen LogP contribution is 2.29. The van der Waals surface area contributed by atoms with E-state index in [2.05, 4.69) is 25.7 Å². The van der Waals surface area contributed by atoms with Gasteiger partial charge < -0.3 is 14.6 Å². The Morgan fingerprint density at radius 3 is 2.71 bits per heavy atom. The summed E-state index contributed by atoms with van der Waals surface area (Å²) < 4.78 is 10.7. The standard InChI is InChI=1S/C16H23N5O3/c1-9(2)12-8-13(20-19-12)15(22)18-14(11-4-6-23-7-5-11)16-17-10(3)21-24-16/h8-9,11,14H,4-7H2,1-3H3,(H,18,22)(H,19,20). The molecule has 1 unspecified atom stereocenters. The van der Waals surface area contributed by atoms with E-state index in [0.717, 1.165) is 18.5 Å². The zero-order chi connectivity index (χ0) is 17.1. The van der Waals surface area contributed by atoms with Gasteiger partial charge in [0.2, 0.25) is 5.89 Å². The van der Waals surface area contributed by atoms with Crippen LogP contribution in [0.15, 0.2) is 10.6 Å². The van der Waals surface area contributed by atoms with Crippen molar-refractivity contribution < 1.29 is 14.1 Å². The summed E-state index contributed by atoms with van der Waals surface area (Å²) in [4.78, 5) is 16.9. The van der Waals surface area contributed by atoms with Gasteiger partial charge in [0, 0.05) is 18.9 Å². The Bertz CT molecular complexity index is 687. The normalized spacial score (nSPS) is 17.2. The number of aromatic nitrogens is 4. The minimum absolute atomic E-state index is 0.200. The van der Waals surface area contributed by atoms with E-state index < -0.39 is 0 Å². The molecule has 1 amide bonds. The van der Waals surface area contributed by atoms with Gasteiger partial charge in [0.05, 0.1) is 0 Å². The van der Waals surface area contributed by atoms with Gasteiger partial charge in [-0.05, 0) is 37.7 Å². The number of rotatable bonds is 5. The van der Waals surface area contributed by atoms with Crippen molar-refractivity contribution in [3.63, 3.8) is 0 Å². The van der Waals surface area contributed by atoms with Crippen molar-refractivity contribution in [1.82, 2.24) is 25.7 Å². The van der Waals surface area contributed by atoms with Gasteiger partial charge in [-0.25, -0.2) is 0 Å². The van der Waals surface area contributed by atoms with Crippen molar-refractivity contribution in [3.8, 4) is 0 Å². The van der Waals surface area contributed by atoms with Gasteiger partial charge >= 0.3 is 0 Å². The second kappa shape index (κ2) is 7.12. The Kier molecular flexibility index (Phi) is 4.94. The molecule has 8 heteroatoms. The SMILES string of the molecule is Cc1noc(C(NC(=O)c2cc(C(C)C)[nH]n2)C2CCOCC2)n1. The highest BCUT2D eigenvalue weighted by atomic mass is 16.5. The third-order valence-electron chi connectivity index (χ3n) is 4.29. The first kappa shape index (κ1) is 16.6. The highest BCUT2D eigenvalue weighted by molar-refractivity contribution is 5.92. The Hall–Kier alpha value is -2.22. The lowest BCUT2D eigenvalue weighted by atomic mass is 9.91. The number of amides is 1. The molecule has 0 saturated carbocycles. The average Bonchev–Trinajstić information content (AvgIpc) is 3.22. The minimum atomic E-state index is -0.332. The summed E-state index contributed by atoms with van der Waals surface area (Å²) in [7, 11) is 0. The summed E-state index contributed by atoms with van der Waals surface area (Å²) in [5, 5.41) is 13.9. The van der Waals surface area contributed by atoms with Crippen LogP contribution in [0.4, 0.5) is 0 Å². The topological polar surface area (TPSA) is 106 Å². The highest BCUT2D eigenvalue weighted by Gasteiger charge is 2.32. The second-order valence-electron chi connectivity index (χ2n) is 6.44. The van der Waals surface area contributed by atoms with E-state index in [0.29, 0.717) is 30.6 Å². The van der Waals surface area contributed by atoms with Crippen LogP contribution in [0.2, 0.25) is 0 Å². The fraction of sp³-hybridized carbons (Fsp3) is 0.625. The largest absolute Gasteiger partial charge is 0.381 e. The lowest BCUT2D eigenvalue weighted by Gasteiger charge is -2.28. The van der Waals surface area contributed by atoms with Crippen molar-refractivity contribution in [2.24, 2.45) is 5.92 Å². The summed E-state index contributed by atoms with van der Waals surface area (Å²) in [6.07, 6.45) is 1.67. The molecule has 24 heavy (non-hydrogen) atoms. The molecular formula is C16H23N5O3. The van der Waals surface area contributed by atoms with Gasteiger partial charge in [-0.15, -0.1) is 0 Å². The maximum absolute atomic E-state index is 12.6. The first-order valence-electron chi connectivity index (χ1n) is 8.28. The molecule has 1 atom stereocenters. The molecule has 8 nitrogen and oxygen atoms in total. The molecule has 130 valence electrons. The zero-order valence-electron chi connectivity index (χ0n) is 14.2. The smallest absolute Gasteiger partial charge is 0.272 e. The molecule has 0 aromatic carbocycles. The van der Waals surface area contributed by atoms with Crippen LogP contribution in [0, 0.1) is 12.8 Å². The summed E-state index contributed by atoms with van der Waals surface area (Å²) >= 11 is 0. The molecule has 2 aromatic heterocycles. The van der Waals surface area contributed by atoms with Crippen LogP contribution in [-0.2, 0) is 4.74 Å². The molecule has 3 rings (SSSR count). The quantitative estimate of drug-likeness (QED) is 0.868. The number of ether oxygens (including phenoxy) is 1. The van der Waals surface area contributed by atoms with Gasteiger partial charge in [0.25, 0.3) is 5.91 Å². The van der Waals surface area contributed by atoms with E-state index in [1.165, 1.54) is 0 Å². The maximum Gasteiger partial charge on any atom is 0.272 e. The van der Waals surface area contributed by atoms with Gasteiger partial charge in [0.15, 0.2) is 5.82 Å². The molecule has 1 saturated heterocycles. The van der Waals surface area contributed by atoms with Crippen molar-refractivity contribution in [3.05, 3.63) is 29.2 Å². The number of hydrogen-bond acceptors (Lipinski definition) is 6. The fourth-order valence-corrected chi connectivity index (χ4v) is 2.83. The third kappa shape index (κ3) is 3.64. The molecule has 0 aliphatic carbocycles. The Morgan fingerprint density at radius 1 is 1.38 bits per heavy atom. The average molecular weight is 333 g/mol. The summed E-state index contributed by atoms with van der Waals surface area (Å²) in [6, 6.07) is 1.45. The Morgan fingerprint density at radius 2 is 2.12 bits per heavy atom. The van der Waals surface area contributed by atoms with Crippen molar-refractivity contribution >= 4 is 5.91 Å². The Balaban J connectivity index is 1.78. The maximum atomic E-state index is 12.6. The molecular weight excluding hydrogens is 310 g/mol. The Labute approximate surface area is 140 Å². The molecule has 0 radical (unpaired) electrons. The number of nitrogens with one attached hydrogen (secondary N) is 2. The third-order valence-corrected chi connectivity index (χ3v) is 4.29. The number of aryl methyl sites for hydroxylation is 1. The molecule has 1 aliphatic rings. The first-order chi connectivity index (χ1) is 11.5. The summed E-state index contributed by atoms with van der Waals surface area (Å²) in [6.45, 7) is 7.19. The van der Waals surface area contributed by atoms with E-state index in [-0.39, 0.29) is 23.8 Å². The van der Waals surface area contributed by atoms with Gasteiger partial charge in [-0.1, -0.05) is 19.0 Å². The van der Waals surface area contributed by atoms with Crippen LogP contribution in [-0.4, -0.2) is 39.5 Å². The van der Waals surface area contributed by atoms with Crippen LogP contribution in [0.1, 0.15) is 66.5 Å². The van der Waals surface area contributed by atoms with Crippen molar-refractivity contribution in [2.75, 3.05) is 13.2 Å². The molecule has 0 spiro atoms. The summed E-state index contributed by atoms with van der Waals surface area (Å²) in [5.41, 5.74) is 1.29. The number of hydrogen-bond donors (Lipinski definition) is 2. The van der Waals surface area contributed by atoms with E-state index in [1.807, 2.05) is 13.8 Å². The molecule has 3 heterocycles. The lowest BCUT2D eigenvalue weighted by Crippen LogP contribution is -2.36. The van der Waals surface area contributed by atoms with Crippen LogP contribution in [0.5, 0.6) is 0 Å². The molecule has 2 aromatic rings. The zero-order valence-corrected chi connectivity index (χ0v) is 14.2. The summed E-state index contributed by atoms with van der Waals surface area (Å²) in [5.74, 6) is 1.23. The van der Waals surface area contributed by atoms with Crippen LogP contribution < -0.4 is 5.32 Å². The molecule has 1 fully saturated rings. The van der Waals surface area contributed by atoms with Gasteiger partial charge in [0.1, 0.15) is 11.7 Å². The van der Waals surface area contributed by atoms with E-state index >= 15 is 0 Å². The number of carbonyl (C=O) groups is 1. The number of nitrogens with zero attached hydrogens (tertiary/aromatic N) is 3. The minimum Gasteiger partial charge on any atom is -0.381 e. The van der Waals surface area contributed by atoms with E-state index in [4.69, 9.17) is 9.26 Å². The van der Waals surface area contributed by atoms with E-state index in [9.17, 15) is 4.79 Å². The van der Waals surface area contributed by atoms with Crippen LogP contribution in [0.3, 0.4) is 0 Å². The first-order valence-corrected chi connectivity index (χ1v) is 8.28. The number of aromatic amines is 1. The molecule has 0 bridgehead atoms. The van der Waals surface area contributed by atoms with Crippen molar-refractivity contribution in [2.45, 2.75) is 45.6 Å². The number of H-pyrrole nitrogens is 1. The van der Waals surface area contributed by atoms with Gasteiger partial charge in [-0.2, -0.15) is 10.1 Å². The van der Waals surface area contributed by atoms with E-state index in [1.54, 1.807) is 13.0 Å².